The van der Waals surface area contributed by atoms with Crippen LogP contribution in [0.15, 0.2) is 41.5 Å². The second-order valence-electron chi connectivity index (χ2n) is 8.04. The lowest BCUT2D eigenvalue weighted by Crippen LogP contribution is -2.45. The van der Waals surface area contributed by atoms with Crippen molar-refractivity contribution in [2.24, 2.45) is 4.99 Å². The number of hydrogen-bond acceptors (Lipinski definition) is 6. The van der Waals surface area contributed by atoms with E-state index in [1.165, 1.54) is 11.1 Å². The van der Waals surface area contributed by atoms with Gasteiger partial charge in [-0.3, -0.25) is 4.99 Å². The first-order valence-corrected chi connectivity index (χ1v) is 11.1. The fourth-order valence-electron chi connectivity index (χ4n) is 3.87. The first kappa shape index (κ1) is 27.0. The van der Waals surface area contributed by atoms with Crippen LogP contribution in [0.2, 0.25) is 0 Å². The summed E-state index contributed by atoms with van der Waals surface area (Å²) in [5.41, 5.74) is 2.38. The van der Waals surface area contributed by atoms with E-state index in [-0.39, 0.29) is 24.0 Å². The Bertz CT molecular complexity index is 902. The van der Waals surface area contributed by atoms with Crippen molar-refractivity contribution in [2.75, 3.05) is 73.0 Å². The summed E-state index contributed by atoms with van der Waals surface area (Å²) in [6.07, 6.45) is 2.75. The third-order valence-corrected chi connectivity index (χ3v) is 5.86. The molecule has 2 aromatic rings. The number of hydrogen-bond donors (Lipinski definition) is 1. The number of aliphatic imine (C=N–C) groups is 1. The van der Waals surface area contributed by atoms with Crippen molar-refractivity contribution < 1.29 is 9.47 Å². The molecule has 9 heteroatoms. The standard InChI is InChI=1S/C24H36N6O2.HI/c1-25-24(29(3)12-10-19-8-9-21(31-4)22(17-19)32-5)27-18-20-7-6-11-26-23(20)30-15-13-28(2)14-16-30;/h6-9,11,17H,10,12-16,18H2,1-5H3,(H,25,27);1H. The molecule has 1 fully saturated rings. The van der Waals surface area contributed by atoms with E-state index >= 15 is 0 Å². The zero-order valence-corrected chi connectivity index (χ0v) is 22.7. The number of piperazine rings is 1. The Hall–Kier alpha value is -2.27. The van der Waals surface area contributed by atoms with Crippen molar-refractivity contribution >= 4 is 35.8 Å². The molecule has 1 aliphatic rings. The number of benzene rings is 1. The minimum Gasteiger partial charge on any atom is -0.493 e. The van der Waals surface area contributed by atoms with E-state index in [1.807, 2.05) is 31.4 Å². The van der Waals surface area contributed by atoms with E-state index in [9.17, 15) is 0 Å². The normalized spacial score (nSPS) is 14.5. The van der Waals surface area contributed by atoms with E-state index in [2.05, 4.69) is 56.2 Å². The zero-order valence-electron chi connectivity index (χ0n) is 20.4. The first-order chi connectivity index (χ1) is 15.5. The van der Waals surface area contributed by atoms with Crippen molar-refractivity contribution in [2.45, 2.75) is 13.0 Å². The molecule has 1 aromatic heterocycles. The number of nitrogens with one attached hydrogen (secondary N) is 1. The molecule has 8 nitrogen and oxygen atoms in total. The second kappa shape index (κ2) is 13.4. The van der Waals surface area contributed by atoms with Gasteiger partial charge in [0.15, 0.2) is 17.5 Å². The third-order valence-electron chi connectivity index (χ3n) is 5.86. The molecule has 182 valence electrons. The summed E-state index contributed by atoms with van der Waals surface area (Å²) in [6, 6.07) is 10.2. The van der Waals surface area contributed by atoms with E-state index in [0.29, 0.717) is 6.54 Å². The van der Waals surface area contributed by atoms with Crippen LogP contribution in [-0.2, 0) is 13.0 Å². The quantitative estimate of drug-likeness (QED) is 0.299. The van der Waals surface area contributed by atoms with Gasteiger partial charge in [-0.1, -0.05) is 12.1 Å². The van der Waals surface area contributed by atoms with Crippen molar-refractivity contribution in [3.05, 3.63) is 47.7 Å². The fraction of sp³-hybridized carbons (Fsp3) is 0.500. The van der Waals surface area contributed by atoms with Crippen LogP contribution in [0.25, 0.3) is 0 Å². The van der Waals surface area contributed by atoms with Crippen LogP contribution in [0.4, 0.5) is 5.82 Å². The van der Waals surface area contributed by atoms with Gasteiger partial charge in [0.1, 0.15) is 5.82 Å². The Morgan fingerprint density at radius 3 is 2.52 bits per heavy atom. The van der Waals surface area contributed by atoms with Crippen LogP contribution in [-0.4, -0.2) is 88.8 Å². The van der Waals surface area contributed by atoms with E-state index in [0.717, 1.165) is 62.4 Å². The molecule has 1 aromatic carbocycles. The number of aromatic nitrogens is 1. The molecule has 3 rings (SSSR count). The van der Waals surface area contributed by atoms with Crippen LogP contribution in [0.5, 0.6) is 11.5 Å². The van der Waals surface area contributed by atoms with Gasteiger partial charge in [-0.15, -0.1) is 24.0 Å². The molecule has 0 atom stereocenters. The van der Waals surface area contributed by atoms with Gasteiger partial charge in [-0.25, -0.2) is 4.98 Å². The van der Waals surface area contributed by atoms with Gasteiger partial charge in [0.25, 0.3) is 0 Å². The Kier molecular flexibility index (Phi) is 11.0. The van der Waals surface area contributed by atoms with Gasteiger partial charge in [-0.2, -0.15) is 0 Å². The predicted molar refractivity (Wildman–Crippen MR) is 145 cm³/mol. The monoisotopic (exact) mass is 568 g/mol. The maximum Gasteiger partial charge on any atom is 0.193 e. The highest BCUT2D eigenvalue weighted by Gasteiger charge is 2.18. The highest BCUT2D eigenvalue weighted by molar-refractivity contribution is 14.0. The molecule has 0 bridgehead atoms. The van der Waals surface area contributed by atoms with Crippen molar-refractivity contribution in [1.82, 2.24) is 20.1 Å². The van der Waals surface area contributed by atoms with Gasteiger partial charge >= 0.3 is 0 Å². The van der Waals surface area contributed by atoms with Gasteiger partial charge in [0.2, 0.25) is 0 Å². The van der Waals surface area contributed by atoms with Gasteiger partial charge in [-0.05, 0) is 37.2 Å². The molecule has 1 saturated heterocycles. The number of anilines is 1. The second-order valence-corrected chi connectivity index (χ2v) is 8.04. The molecule has 1 aliphatic heterocycles. The Morgan fingerprint density at radius 2 is 1.85 bits per heavy atom. The van der Waals surface area contributed by atoms with Crippen molar-refractivity contribution in [1.29, 1.82) is 0 Å². The van der Waals surface area contributed by atoms with Crippen LogP contribution in [0.1, 0.15) is 11.1 Å². The summed E-state index contributed by atoms with van der Waals surface area (Å²) >= 11 is 0. The summed E-state index contributed by atoms with van der Waals surface area (Å²) in [5.74, 6) is 3.42. The number of nitrogens with zero attached hydrogens (tertiary/aromatic N) is 5. The topological polar surface area (TPSA) is 65.5 Å². The number of guanidine groups is 1. The molecule has 33 heavy (non-hydrogen) atoms. The molecular weight excluding hydrogens is 531 g/mol. The smallest absolute Gasteiger partial charge is 0.193 e. The fourth-order valence-corrected chi connectivity index (χ4v) is 3.87. The molecular formula is C24H37IN6O2. The maximum atomic E-state index is 5.42. The molecule has 0 spiro atoms. The lowest BCUT2D eigenvalue weighted by Gasteiger charge is -2.34. The average Bonchev–Trinajstić information content (AvgIpc) is 2.83. The lowest BCUT2D eigenvalue weighted by molar-refractivity contribution is 0.312. The van der Waals surface area contributed by atoms with Crippen molar-refractivity contribution in [3.63, 3.8) is 0 Å². The lowest BCUT2D eigenvalue weighted by atomic mass is 10.1. The number of likely N-dealkylation sites (N-methyl/N-ethyl adjacent to an activating group) is 2. The minimum absolute atomic E-state index is 0. The summed E-state index contributed by atoms with van der Waals surface area (Å²) in [4.78, 5) is 16.0. The minimum atomic E-state index is 0. The molecule has 0 unspecified atom stereocenters. The van der Waals surface area contributed by atoms with Crippen LogP contribution >= 0.6 is 24.0 Å². The Labute approximate surface area is 215 Å². The molecule has 0 saturated carbocycles. The largest absolute Gasteiger partial charge is 0.493 e. The predicted octanol–water partition coefficient (Wildman–Crippen LogP) is 2.72. The number of pyridine rings is 1. The SMILES string of the molecule is CN=C(NCc1cccnc1N1CCN(C)CC1)N(C)CCc1ccc(OC)c(OC)c1.I. The Morgan fingerprint density at radius 1 is 1.12 bits per heavy atom. The first-order valence-electron chi connectivity index (χ1n) is 11.1. The highest BCUT2D eigenvalue weighted by Crippen LogP contribution is 2.27. The summed E-state index contributed by atoms with van der Waals surface area (Å²) in [5, 5.41) is 3.50. The van der Waals surface area contributed by atoms with Gasteiger partial charge in [0, 0.05) is 65.1 Å². The van der Waals surface area contributed by atoms with Crippen LogP contribution < -0.4 is 19.7 Å². The van der Waals surface area contributed by atoms with E-state index < -0.39 is 0 Å². The number of methoxy groups -OCH3 is 2. The summed E-state index contributed by atoms with van der Waals surface area (Å²) < 4.78 is 10.7. The number of rotatable bonds is 8. The highest BCUT2D eigenvalue weighted by atomic mass is 127. The Balaban J connectivity index is 0.00000385. The molecule has 0 radical (unpaired) electrons. The van der Waals surface area contributed by atoms with Crippen LogP contribution in [0.3, 0.4) is 0 Å². The molecule has 1 N–H and O–H groups in total. The summed E-state index contributed by atoms with van der Waals surface area (Å²) in [7, 11) is 9.35. The van der Waals surface area contributed by atoms with Crippen molar-refractivity contribution in [3.8, 4) is 11.5 Å². The van der Waals surface area contributed by atoms with E-state index in [4.69, 9.17) is 9.47 Å². The summed E-state index contributed by atoms with van der Waals surface area (Å²) in [6.45, 7) is 5.63. The maximum absolute atomic E-state index is 5.42. The van der Waals surface area contributed by atoms with Gasteiger partial charge in [0.05, 0.1) is 14.2 Å². The molecule has 2 heterocycles. The molecule has 0 aliphatic carbocycles. The van der Waals surface area contributed by atoms with Gasteiger partial charge < -0.3 is 29.5 Å². The number of halogens is 1. The number of ether oxygens (including phenoxy) is 2. The van der Waals surface area contributed by atoms with E-state index in [1.54, 1.807) is 14.2 Å². The van der Waals surface area contributed by atoms with Crippen LogP contribution in [0, 0.1) is 0 Å². The molecule has 0 amide bonds. The average molecular weight is 569 g/mol. The third kappa shape index (κ3) is 7.36. The zero-order chi connectivity index (χ0) is 22.9.